The monoisotopic (exact) mass is 268 g/mol. The van der Waals surface area contributed by atoms with Crippen molar-refractivity contribution in [1.29, 1.82) is 0 Å². The number of aryl methyl sites for hydroxylation is 1. The fourth-order valence-electron chi connectivity index (χ4n) is 2.61. The summed E-state index contributed by atoms with van der Waals surface area (Å²) in [6.07, 6.45) is 3.05. The molecule has 0 aliphatic carbocycles. The van der Waals surface area contributed by atoms with Crippen molar-refractivity contribution in [2.24, 2.45) is 5.41 Å². The van der Waals surface area contributed by atoms with Crippen LogP contribution < -0.4 is 4.74 Å². The lowest BCUT2D eigenvalue weighted by Crippen LogP contribution is -2.33. The second-order valence-electron chi connectivity index (χ2n) is 5.24. The Morgan fingerprint density at radius 1 is 1.33 bits per heavy atom. The quantitative estimate of drug-likeness (QED) is 0.777. The fourth-order valence-corrected chi connectivity index (χ4v) is 2.97. The summed E-state index contributed by atoms with van der Waals surface area (Å²) in [5.74, 6) is 1.66. The van der Waals surface area contributed by atoms with E-state index in [1.54, 1.807) is 7.11 Å². The van der Waals surface area contributed by atoms with E-state index in [0.29, 0.717) is 5.88 Å². The molecule has 18 heavy (non-hydrogen) atoms. The van der Waals surface area contributed by atoms with Crippen LogP contribution in [-0.4, -0.2) is 26.2 Å². The van der Waals surface area contributed by atoms with Crippen molar-refractivity contribution >= 4 is 11.6 Å². The van der Waals surface area contributed by atoms with Crippen molar-refractivity contribution in [3.63, 3.8) is 0 Å². The summed E-state index contributed by atoms with van der Waals surface area (Å²) in [4.78, 5) is 0. The molecule has 3 heteroatoms. The van der Waals surface area contributed by atoms with Gasteiger partial charge in [-0.1, -0.05) is 17.7 Å². The molecule has 0 aromatic heterocycles. The normalized spacial score (nSPS) is 18.6. The lowest BCUT2D eigenvalue weighted by atomic mass is 9.76. The molecule has 0 N–H and O–H groups in total. The minimum atomic E-state index is 0.168. The molecular weight excluding hydrogens is 248 g/mol. The van der Waals surface area contributed by atoms with E-state index in [1.165, 1.54) is 11.1 Å². The van der Waals surface area contributed by atoms with Gasteiger partial charge in [0.25, 0.3) is 0 Å². The molecule has 0 atom stereocenters. The van der Waals surface area contributed by atoms with E-state index in [9.17, 15) is 0 Å². The topological polar surface area (TPSA) is 18.5 Å². The number of hydrogen-bond acceptors (Lipinski definition) is 2. The standard InChI is InChI=1S/C15H21ClO2/c1-12-3-4-14(17-2)13(9-12)10-15(11-16)5-7-18-8-6-15/h3-4,9H,5-8,10-11H2,1-2H3. The van der Waals surface area contributed by atoms with Gasteiger partial charge in [-0.2, -0.15) is 0 Å². The van der Waals surface area contributed by atoms with Crippen molar-refractivity contribution in [3.8, 4) is 5.75 Å². The van der Waals surface area contributed by atoms with E-state index in [4.69, 9.17) is 21.1 Å². The molecule has 1 aromatic rings. The third-order valence-corrected chi connectivity index (χ3v) is 4.41. The van der Waals surface area contributed by atoms with Gasteiger partial charge in [0.15, 0.2) is 0 Å². The Kier molecular flexibility index (Phi) is 4.52. The van der Waals surface area contributed by atoms with Crippen LogP contribution in [0.2, 0.25) is 0 Å². The highest BCUT2D eigenvalue weighted by Crippen LogP contribution is 2.38. The highest BCUT2D eigenvalue weighted by molar-refractivity contribution is 6.18. The van der Waals surface area contributed by atoms with Crippen LogP contribution in [-0.2, 0) is 11.2 Å². The first-order chi connectivity index (χ1) is 8.69. The maximum Gasteiger partial charge on any atom is 0.122 e. The van der Waals surface area contributed by atoms with Gasteiger partial charge in [-0.3, -0.25) is 0 Å². The molecule has 1 saturated heterocycles. The third-order valence-electron chi connectivity index (χ3n) is 3.84. The summed E-state index contributed by atoms with van der Waals surface area (Å²) in [6, 6.07) is 6.34. The molecule has 1 fully saturated rings. The van der Waals surface area contributed by atoms with Gasteiger partial charge in [0.2, 0.25) is 0 Å². The molecule has 2 rings (SSSR count). The average Bonchev–Trinajstić information content (AvgIpc) is 2.40. The maximum atomic E-state index is 6.23. The van der Waals surface area contributed by atoms with Gasteiger partial charge in [0.1, 0.15) is 5.75 Å². The lowest BCUT2D eigenvalue weighted by Gasteiger charge is -2.36. The molecule has 0 saturated carbocycles. The van der Waals surface area contributed by atoms with Crippen LogP contribution in [0.3, 0.4) is 0 Å². The zero-order chi connectivity index (χ0) is 13.0. The van der Waals surface area contributed by atoms with Crippen molar-refractivity contribution in [1.82, 2.24) is 0 Å². The van der Waals surface area contributed by atoms with Gasteiger partial charge in [-0.05, 0) is 43.2 Å². The third kappa shape index (κ3) is 2.99. The molecule has 0 radical (unpaired) electrons. The summed E-state index contributed by atoms with van der Waals surface area (Å²) in [6.45, 7) is 3.75. The van der Waals surface area contributed by atoms with Crippen LogP contribution in [0, 0.1) is 12.3 Å². The fraction of sp³-hybridized carbons (Fsp3) is 0.600. The molecule has 0 spiro atoms. The highest BCUT2D eigenvalue weighted by Gasteiger charge is 2.32. The van der Waals surface area contributed by atoms with Crippen molar-refractivity contribution in [3.05, 3.63) is 29.3 Å². The minimum absolute atomic E-state index is 0.168. The highest BCUT2D eigenvalue weighted by atomic mass is 35.5. The Morgan fingerprint density at radius 2 is 2.06 bits per heavy atom. The average molecular weight is 269 g/mol. The summed E-state index contributed by atoms with van der Waals surface area (Å²) in [7, 11) is 1.73. The van der Waals surface area contributed by atoms with Crippen molar-refractivity contribution < 1.29 is 9.47 Å². The van der Waals surface area contributed by atoms with Gasteiger partial charge in [0.05, 0.1) is 7.11 Å². The largest absolute Gasteiger partial charge is 0.496 e. The van der Waals surface area contributed by atoms with E-state index in [-0.39, 0.29) is 5.41 Å². The van der Waals surface area contributed by atoms with Gasteiger partial charge in [0, 0.05) is 19.1 Å². The summed E-state index contributed by atoms with van der Waals surface area (Å²) >= 11 is 6.23. The molecule has 1 aromatic carbocycles. The van der Waals surface area contributed by atoms with Gasteiger partial charge in [-0.25, -0.2) is 0 Å². The number of hydrogen-bond donors (Lipinski definition) is 0. The molecule has 1 aliphatic rings. The first-order valence-corrected chi connectivity index (χ1v) is 7.00. The Bertz CT molecular complexity index is 397. The van der Waals surface area contributed by atoms with E-state index in [0.717, 1.165) is 38.2 Å². The molecule has 0 bridgehead atoms. The molecule has 0 unspecified atom stereocenters. The van der Waals surface area contributed by atoms with Crippen LogP contribution >= 0.6 is 11.6 Å². The Hall–Kier alpha value is -0.730. The second-order valence-corrected chi connectivity index (χ2v) is 5.51. The molecule has 1 aliphatic heterocycles. The van der Waals surface area contributed by atoms with E-state index in [2.05, 4.69) is 19.1 Å². The number of ether oxygens (including phenoxy) is 2. The first kappa shape index (κ1) is 13.7. The van der Waals surface area contributed by atoms with Crippen LogP contribution in [0.25, 0.3) is 0 Å². The predicted octanol–water partition coefficient (Wildman–Crippen LogP) is 3.58. The van der Waals surface area contributed by atoms with Gasteiger partial charge in [-0.15, -0.1) is 11.6 Å². The van der Waals surface area contributed by atoms with Crippen LogP contribution in [0.1, 0.15) is 24.0 Å². The first-order valence-electron chi connectivity index (χ1n) is 6.46. The smallest absolute Gasteiger partial charge is 0.122 e. The van der Waals surface area contributed by atoms with Crippen LogP contribution in [0.15, 0.2) is 18.2 Å². The van der Waals surface area contributed by atoms with Crippen molar-refractivity contribution in [2.45, 2.75) is 26.2 Å². The Labute approximate surface area is 114 Å². The summed E-state index contributed by atoms with van der Waals surface area (Å²) in [5.41, 5.74) is 2.70. The summed E-state index contributed by atoms with van der Waals surface area (Å²) in [5, 5.41) is 0. The number of methoxy groups -OCH3 is 1. The van der Waals surface area contributed by atoms with Crippen LogP contribution in [0.5, 0.6) is 5.75 Å². The molecule has 1 heterocycles. The molecule has 100 valence electrons. The van der Waals surface area contributed by atoms with Crippen LogP contribution in [0.4, 0.5) is 0 Å². The molecular formula is C15H21ClO2. The maximum absolute atomic E-state index is 6.23. The zero-order valence-electron chi connectivity index (χ0n) is 11.2. The Balaban J connectivity index is 2.23. The van der Waals surface area contributed by atoms with Crippen molar-refractivity contribution in [2.75, 3.05) is 26.2 Å². The summed E-state index contributed by atoms with van der Waals surface area (Å²) < 4.78 is 10.9. The number of alkyl halides is 1. The number of rotatable bonds is 4. The van der Waals surface area contributed by atoms with Gasteiger partial charge < -0.3 is 9.47 Å². The zero-order valence-corrected chi connectivity index (χ0v) is 11.9. The SMILES string of the molecule is COc1ccc(C)cc1CC1(CCl)CCOCC1. The second kappa shape index (κ2) is 5.94. The molecule has 0 amide bonds. The lowest BCUT2D eigenvalue weighted by molar-refractivity contribution is 0.0255. The minimum Gasteiger partial charge on any atom is -0.496 e. The van der Waals surface area contributed by atoms with Gasteiger partial charge >= 0.3 is 0 Å². The Morgan fingerprint density at radius 3 is 2.67 bits per heavy atom. The van der Waals surface area contributed by atoms with E-state index >= 15 is 0 Å². The molecule has 2 nitrogen and oxygen atoms in total. The number of halogens is 1. The number of benzene rings is 1. The predicted molar refractivity (Wildman–Crippen MR) is 74.6 cm³/mol. The van der Waals surface area contributed by atoms with E-state index < -0.39 is 0 Å². The van der Waals surface area contributed by atoms with E-state index in [1.807, 2.05) is 6.07 Å².